The van der Waals surface area contributed by atoms with Crippen molar-refractivity contribution < 1.29 is 14.6 Å². The van der Waals surface area contributed by atoms with Crippen LogP contribution >= 0.6 is 11.6 Å². The van der Waals surface area contributed by atoms with Crippen LogP contribution in [0.5, 0.6) is 0 Å². The monoisotopic (exact) mass is 545 g/mol. The van der Waals surface area contributed by atoms with E-state index in [2.05, 4.69) is 21.1 Å². The van der Waals surface area contributed by atoms with E-state index >= 15 is 0 Å². The Labute approximate surface area is 232 Å². The van der Waals surface area contributed by atoms with Crippen molar-refractivity contribution in [2.45, 2.75) is 89.1 Å². The maximum atomic E-state index is 13.6. The smallest absolute Gasteiger partial charge is 0.338 e. The molecule has 3 aliphatic rings. The molecule has 2 unspecified atom stereocenters. The summed E-state index contributed by atoms with van der Waals surface area (Å²) in [7, 11) is 0. The lowest BCUT2D eigenvalue weighted by atomic mass is 9.69. The molecule has 6 rings (SSSR count). The molecular formula is C30H32ClN5O3. The van der Waals surface area contributed by atoms with Crippen molar-refractivity contribution >= 4 is 23.3 Å². The molecule has 1 N–H and O–H groups in total. The zero-order chi connectivity index (χ0) is 27.5. The lowest BCUT2D eigenvalue weighted by Gasteiger charge is -2.46. The molecule has 0 saturated heterocycles. The summed E-state index contributed by atoms with van der Waals surface area (Å²) in [5, 5.41) is 26.1. The molecule has 8 nitrogen and oxygen atoms in total. The Morgan fingerprint density at radius 1 is 1.23 bits per heavy atom. The number of aliphatic hydroxyl groups excluding tert-OH is 1. The van der Waals surface area contributed by atoms with Gasteiger partial charge < -0.3 is 9.84 Å². The van der Waals surface area contributed by atoms with Crippen molar-refractivity contribution in [2.75, 3.05) is 0 Å². The van der Waals surface area contributed by atoms with Gasteiger partial charge >= 0.3 is 5.97 Å². The van der Waals surface area contributed by atoms with Gasteiger partial charge in [-0.05, 0) is 68.7 Å². The summed E-state index contributed by atoms with van der Waals surface area (Å²) < 4.78 is 8.03. The Balaban J connectivity index is 1.33. The fourth-order valence-electron chi connectivity index (χ4n) is 6.65. The van der Waals surface area contributed by atoms with Gasteiger partial charge in [0.2, 0.25) is 0 Å². The summed E-state index contributed by atoms with van der Waals surface area (Å²) >= 11 is 6.71. The number of aliphatic hydroxyl groups is 1. The lowest BCUT2D eigenvalue weighted by Crippen LogP contribution is -2.49. The predicted octanol–water partition coefficient (Wildman–Crippen LogP) is 5.98. The van der Waals surface area contributed by atoms with Crippen LogP contribution in [0, 0.1) is 31.1 Å². The van der Waals surface area contributed by atoms with Crippen LogP contribution in [0.25, 0.3) is 5.78 Å². The molecule has 3 aromatic rings. The number of fused-ring (bicyclic) bond motifs is 1. The first-order chi connectivity index (χ1) is 18.7. The summed E-state index contributed by atoms with van der Waals surface area (Å²) in [5.74, 6) is 0.293. The molecule has 0 radical (unpaired) electrons. The number of esters is 1. The van der Waals surface area contributed by atoms with Crippen LogP contribution in [0.4, 0.5) is 0 Å². The Morgan fingerprint density at radius 2 is 1.97 bits per heavy atom. The fourth-order valence-corrected chi connectivity index (χ4v) is 7.02. The van der Waals surface area contributed by atoms with Gasteiger partial charge in [-0.3, -0.25) is 0 Å². The van der Waals surface area contributed by atoms with E-state index in [0.717, 1.165) is 61.0 Å². The van der Waals surface area contributed by atoms with Crippen LogP contribution in [-0.4, -0.2) is 36.3 Å². The number of hydrogen-bond acceptors (Lipinski definition) is 7. The first kappa shape index (κ1) is 25.8. The Hall–Kier alpha value is -3.44. The minimum absolute atomic E-state index is 0.0360. The molecular weight excluding hydrogens is 514 g/mol. The number of aromatic nitrogens is 4. The molecule has 9 heteroatoms. The Morgan fingerprint density at radius 3 is 2.62 bits per heavy atom. The van der Waals surface area contributed by atoms with Crippen molar-refractivity contribution in [1.82, 2.24) is 19.6 Å². The molecule has 3 heterocycles. The zero-order valence-corrected chi connectivity index (χ0v) is 23.3. The molecule has 0 spiro atoms. The highest BCUT2D eigenvalue weighted by molar-refractivity contribution is 6.31. The summed E-state index contributed by atoms with van der Waals surface area (Å²) in [6.07, 6.45) is 5.93. The molecule has 0 amide bonds. The standard InChI is InChI=1S/C30H32ClN5O3/c1-17-12-18(2)36-28(33-17)34-26(35-36)14-22-25(37)15-30(39-27(22)38,21-6-4-5-7-21)19(3)20-8-9-23(24(31)13-20)29(16-32)10-11-29/h8-9,12-13,19,21,37H,4-7,10-11,14-15H2,1-3H3. The average Bonchev–Trinajstić information content (AvgIpc) is 3.28. The topological polar surface area (TPSA) is 113 Å². The Bertz CT molecular complexity index is 1560. The van der Waals surface area contributed by atoms with Crippen LogP contribution in [0.3, 0.4) is 0 Å². The number of ether oxygens (including phenoxy) is 1. The van der Waals surface area contributed by atoms with Crippen molar-refractivity contribution in [3.05, 3.63) is 69.0 Å². The van der Waals surface area contributed by atoms with Crippen molar-refractivity contribution in [3.63, 3.8) is 0 Å². The first-order valence-electron chi connectivity index (χ1n) is 13.7. The molecule has 1 aromatic carbocycles. The van der Waals surface area contributed by atoms with E-state index in [1.807, 2.05) is 45.0 Å². The molecule has 2 aliphatic carbocycles. The highest BCUT2D eigenvalue weighted by atomic mass is 35.5. The van der Waals surface area contributed by atoms with Gasteiger partial charge in [0, 0.05) is 35.2 Å². The molecule has 39 heavy (non-hydrogen) atoms. The first-order valence-corrected chi connectivity index (χ1v) is 14.1. The van der Waals surface area contributed by atoms with E-state index in [0.29, 0.717) is 16.6 Å². The van der Waals surface area contributed by atoms with Gasteiger partial charge in [-0.25, -0.2) is 14.3 Å². The molecule has 2 aromatic heterocycles. The van der Waals surface area contributed by atoms with Crippen LogP contribution in [0.1, 0.15) is 86.1 Å². The van der Waals surface area contributed by atoms with Crippen molar-refractivity contribution in [3.8, 4) is 6.07 Å². The second-order valence-electron chi connectivity index (χ2n) is 11.5. The summed E-state index contributed by atoms with van der Waals surface area (Å²) in [6.45, 7) is 5.87. The fraction of sp³-hybridized carbons (Fsp3) is 0.500. The van der Waals surface area contributed by atoms with Crippen LogP contribution in [0.15, 0.2) is 35.6 Å². The van der Waals surface area contributed by atoms with E-state index in [4.69, 9.17) is 16.3 Å². The number of aryl methyl sites for hydroxylation is 2. The van der Waals surface area contributed by atoms with Gasteiger partial charge in [0.15, 0.2) is 5.82 Å². The van der Waals surface area contributed by atoms with Gasteiger partial charge in [-0.15, -0.1) is 5.10 Å². The van der Waals surface area contributed by atoms with Gasteiger partial charge in [0.05, 0.1) is 17.1 Å². The lowest BCUT2D eigenvalue weighted by molar-refractivity contribution is -0.170. The molecule has 1 aliphatic heterocycles. The Kier molecular flexibility index (Phi) is 6.18. The SMILES string of the molecule is Cc1cc(C)n2nc(CC3=C(O)CC(C4CCCC4)(C(C)c4ccc(C5(C#N)CC5)c(Cl)c4)OC3=O)nc2n1. The number of nitriles is 1. The minimum atomic E-state index is -0.889. The van der Waals surface area contributed by atoms with Gasteiger partial charge in [-0.2, -0.15) is 10.2 Å². The van der Waals surface area contributed by atoms with Crippen LogP contribution in [0.2, 0.25) is 5.02 Å². The number of nitrogens with zero attached hydrogens (tertiary/aromatic N) is 5. The zero-order valence-electron chi connectivity index (χ0n) is 22.5. The predicted molar refractivity (Wildman–Crippen MR) is 145 cm³/mol. The van der Waals surface area contributed by atoms with Gasteiger partial charge in [0.1, 0.15) is 11.4 Å². The molecule has 2 atom stereocenters. The van der Waals surface area contributed by atoms with Crippen LogP contribution < -0.4 is 0 Å². The maximum absolute atomic E-state index is 13.6. The van der Waals surface area contributed by atoms with E-state index in [-0.39, 0.29) is 36.0 Å². The highest BCUT2D eigenvalue weighted by Crippen LogP contribution is 2.53. The summed E-state index contributed by atoms with van der Waals surface area (Å²) in [5.41, 5.74) is 2.35. The number of halogens is 1. The number of rotatable bonds is 6. The molecule has 202 valence electrons. The van der Waals surface area contributed by atoms with Crippen LogP contribution in [-0.2, 0) is 21.4 Å². The second-order valence-corrected chi connectivity index (χ2v) is 11.9. The summed E-state index contributed by atoms with van der Waals surface area (Å²) in [4.78, 5) is 22.5. The minimum Gasteiger partial charge on any atom is -0.512 e. The quantitative estimate of drug-likeness (QED) is 0.379. The third-order valence-electron chi connectivity index (χ3n) is 9.07. The number of hydrogen-bond donors (Lipinski definition) is 1. The molecule has 0 bridgehead atoms. The van der Waals surface area contributed by atoms with Crippen molar-refractivity contribution in [1.29, 1.82) is 5.26 Å². The highest BCUT2D eigenvalue weighted by Gasteiger charge is 2.53. The van der Waals surface area contributed by atoms with E-state index in [9.17, 15) is 15.2 Å². The normalized spacial score (nSPS) is 23.6. The summed E-state index contributed by atoms with van der Waals surface area (Å²) in [6, 6.07) is 10.2. The maximum Gasteiger partial charge on any atom is 0.338 e. The van der Waals surface area contributed by atoms with E-state index in [1.54, 1.807) is 4.52 Å². The average molecular weight is 546 g/mol. The second kappa shape index (κ2) is 9.34. The number of carbonyl (C=O) groups is 1. The van der Waals surface area contributed by atoms with Crippen molar-refractivity contribution in [2.24, 2.45) is 5.92 Å². The van der Waals surface area contributed by atoms with E-state index in [1.165, 1.54) is 0 Å². The van der Waals surface area contributed by atoms with Gasteiger partial charge in [-0.1, -0.05) is 43.5 Å². The largest absolute Gasteiger partial charge is 0.512 e. The molecule has 2 fully saturated rings. The number of benzene rings is 1. The number of cyclic esters (lactones) is 1. The van der Waals surface area contributed by atoms with E-state index < -0.39 is 17.0 Å². The number of carbonyl (C=O) groups excluding carboxylic acids is 1. The third-order valence-corrected chi connectivity index (χ3v) is 9.38. The van der Waals surface area contributed by atoms with Gasteiger partial charge in [0.25, 0.3) is 5.78 Å². The third kappa shape index (κ3) is 4.28. The molecule has 2 saturated carbocycles.